The number of fused-ring (bicyclic) bond motifs is 1. The molecule has 0 saturated carbocycles. The van der Waals surface area contributed by atoms with Crippen LogP contribution in [0.15, 0.2) is 45.0 Å². The molecule has 2 aromatic carbocycles. The Balaban J connectivity index is 2.57. The molecule has 0 aromatic heterocycles. The minimum absolute atomic E-state index is 0.219. The summed E-state index contributed by atoms with van der Waals surface area (Å²) in [5, 5.41) is 0. The van der Waals surface area contributed by atoms with Crippen molar-refractivity contribution in [2.75, 3.05) is 0 Å². The lowest BCUT2D eigenvalue weighted by atomic mass is 9.74. The fourth-order valence-corrected chi connectivity index (χ4v) is 9.08. The Kier molecular flexibility index (Phi) is 6.58. The minimum atomic E-state index is -0.420. The molecule has 1 aliphatic carbocycles. The summed E-state index contributed by atoms with van der Waals surface area (Å²) in [7, 11) is 0. The van der Waals surface area contributed by atoms with Crippen molar-refractivity contribution in [3.05, 3.63) is 61.7 Å². The molecule has 8 heteroatoms. The average Bonchev–Trinajstić information content (AvgIpc) is 2.68. The first-order chi connectivity index (χ1) is 11.8. The molecule has 1 atom stereocenters. The molecular formula is C18H12Br8. The van der Waals surface area contributed by atoms with E-state index in [9.17, 15) is 0 Å². The van der Waals surface area contributed by atoms with E-state index in [1.807, 2.05) is 6.07 Å². The predicted octanol–water partition coefficient (Wildman–Crippen LogP) is 10.3. The second kappa shape index (κ2) is 7.45. The van der Waals surface area contributed by atoms with Gasteiger partial charge in [-0.3, -0.25) is 0 Å². The van der Waals surface area contributed by atoms with Crippen LogP contribution in [0, 0.1) is 0 Å². The highest BCUT2D eigenvalue weighted by molar-refractivity contribution is 9.25. The molecule has 0 bridgehead atoms. The van der Waals surface area contributed by atoms with Gasteiger partial charge in [0, 0.05) is 37.7 Å². The molecular weight excluding hydrogens is 855 g/mol. The zero-order valence-electron chi connectivity index (χ0n) is 13.8. The maximum absolute atomic E-state index is 4.09. The van der Waals surface area contributed by atoms with Crippen molar-refractivity contribution in [2.45, 2.75) is 34.8 Å². The summed E-state index contributed by atoms with van der Waals surface area (Å²) in [6.45, 7) is 6.78. The normalized spacial score (nSPS) is 23.2. The van der Waals surface area contributed by atoms with Gasteiger partial charge < -0.3 is 0 Å². The van der Waals surface area contributed by atoms with Crippen LogP contribution in [0.3, 0.4) is 0 Å². The summed E-state index contributed by atoms with van der Waals surface area (Å²) >= 11 is 30.8. The fourth-order valence-electron chi connectivity index (χ4n) is 3.82. The van der Waals surface area contributed by atoms with Crippen LogP contribution in [0.2, 0.25) is 0 Å². The molecule has 0 spiro atoms. The van der Waals surface area contributed by atoms with Crippen molar-refractivity contribution in [1.82, 2.24) is 0 Å². The molecule has 140 valence electrons. The summed E-state index contributed by atoms with van der Waals surface area (Å²) in [6.07, 6.45) is 0. The van der Waals surface area contributed by atoms with E-state index in [4.69, 9.17) is 0 Å². The lowest BCUT2D eigenvalue weighted by molar-refractivity contribution is 0.421. The molecule has 0 nitrogen and oxygen atoms in total. The number of rotatable bonds is 1. The number of halogens is 8. The van der Waals surface area contributed by atoms with E-state index in [0.717, 1.165) is 26.8 Å². The predicted molar refractivity (Wildman–Crippen MR) is 139 cm³/mol. The van der Waals surface area contributed by atoms with Gasteiger partial charge in [0.15, 0.2) is 0 Å². The Hall–Kier alpha value is 2.28. The molecule has 0 fully saturated rings. The second-order valence-corrected chi connectivity index (χ2v) is 15.2. The SMILES string of the molecule is CC1(C)c2c(Br)c(Br)c(Br)c(Br)c2[C@@](C)(c2cccc(Br)c2Br)C1(Br)Br. The topological polar surface area (TPSA) is 0 Å². The minimum Gasteiger partial charge on any atom is -0.0704 e. The van der Waals surface area contributed by atoms with Gasteiger partial charge >= 0.3 is 0 Å². The van der Waals surface area contributed by atoms with E-state index < -0.39 is 3.23 Å². The van der Waals surface area contributed by atoms with E-state index in [-0.39, 0.29) is 10.8 Å². The summed E-state index contributed by atoms with van der Waals surface area (Å²) in [5.74, 6) is 0. The molecule has 26 heavy (non-hydrogen) atoms. The van der Waals surface area contributed by atoms with Crippen LogP contribution in [-0.2, 0) is 10.8 Å². The third-order valence-corrected chi connectivity index (χ3v) is 15.7. The zero-order valence-corrected chi connectivity index (χ0v) is 26.4. The van der Waals surface area contributed by atoms with Crippen LogP contribution in [0.1, 0.15) is 37.5 Å². The van der Waals surface area contributed by atoms with E-state index in [1.165, 1.54) is 16.7 Å². The van der Waals surface area contributed by atoms with Crippen LogP contribution < -0.4 is 0 Å². The van der Waals surface area contributed by atoms with Gasteiger partial charge in [-0.05, 0) is 125 Å². The maximum atomic E-state index is 4.09. The van der Waals surface area contributed by atoms with E-state index in [1.54, 1.807) is 0 Å². The van der Waals surface area contributed by atoms with E-state index in [2.05, 4.69) is 160 Å². The fraction of sp³-hybridized carbons (Fsp3) is 0.333. The molecule has 0 aliphatic heterocycles. The third kappa shape index (κ3) is 2.89. The first kappa shape index (κ1) is 23.0. The van der Waals surface area contributed by atoms with Crippen molar-refractivity contribution < 1.29 is 0 Å². The van der Waals surface area contributed by atoms with Crippen LogP contribution in [0.4, 0.5) is 0 Å². The Bertz CT molecular complexity index is 932. The molecule has 1 aliphatic rings. The smallest absolute Gasteiger partial charge is 0.0704 e. The lowest BCUT2D eigenvalue weighted by Crippen LogP contribution is -2.46. The van der Waals surface area contributed by atoms with Gasteiger partial charge in [-0.1, -0.05) is 57.8 Å². The van der Waals surface area contributed by atoms with Crippen LogP contribution in [0.5, 0.6) is 0 Å². The van der Waals surface area contributed by atoms with E-state index >= 15 is 0 Å². The van der Waals surface area contributed by atoms with Crippen LogP contribution >= 0.6 is 127 Å². The summed E-state index contributed by atoms with van der Waals surface area (Å²) in [5.41, 5.74) is 3.08. The van der Waals surface area contributed by atoms with Gasteiger partial charge in [-0.15, -0.1) is 0 Å². The van der Waals surface area contributed by atoms with Gasteiger partial charge in [0.25, 0.3) is 0 Å². The van der Waals surface area contributed by atoms with Gasteiger partial charge in [-0.25, -0.2) is 0 Å². The van der Waals surface area contributed by atoms with Crippen molar-refractivity contribution in [3.63, 3.8) is 0 Å². The summed E-state index contributed by atoms with van der Waals surface area (Å²) in [6, 6.07) is 6.30. The number of benzene rings is 2. The van der Waals surface area contributed by atoms with Crippen molar-refractivity contribution in [1.29, 1.82) is 0 Å². The molecule has 0 N–H and O–H groups in total. The van der Waals surface area contributed by atoms with Gasteiger partial charge in [-0.2, -0.15) is 0 Å². The molecule has 0 heterocycles. The third-order valence-electron chi connectivity index (χ3n) is 5.30. The average molecular weight is 868 g/mol. The Morgan fingerprint density at radius 1 is 0.654 bits per heavy atom. The monoisotopic (exact) mass is 859 g/mol. The highest BCUT2D eigenvalue weighted by Crippen LogP contribution is 2.70. The molecule has 0 unspecified atom stereocenters. The first-order valence-electron chi connectivity index (χ1n) is 7.51. The Morgan fingerprint density at radius 3 is 1.69 bits per heavy atom. The van der Waals surface area contributed by atoms with Crippen molar-refractivity contribution in [2.24, 2.45) is 0 Å². The van der Waals surface area contributed by atoms with Crippen molar-refractivity contribution >= 4 is 127 Å². The van der Waals surface area contributed by atoms with Gasteiger partial charge in [0.05, 0.1) is 0 Å². The highest BCUT2D eigenvalue weighted by Gasteiger charge is 2.65. The quantitative estimate of drug-likeness (QED) is 0.152. The van der Waals surface area contributed by atoms with Gasteiger partial charge in [0.1, 0.15) is 3.23 Å². The van der Waals surface area contributed by atoms with Crippen LogP contribution in [0.25, 0.3) is 0 Å². The largest absolute Gasteiger partial charge is 0.103 e. The Labute approximate surface area is 221 Å². The number of hydrogen-bond donors (Lipinski definition) is 0. The molecule has 3 rings (SSSR count). The highest BCUT2D eigenvalue weighted by atomic mass is 79.9. The maximum Gasteiger partial charge on any atom is 0.103 e. The molecule has 0 saturated heterocycles. The number of hydrogen-bond acceptors (Lipinski definition) is 0. The van der Waals surface area contributed by atoms with E-state index in [0.29, 0.717) is 0 Å². The second-order valence-electron chi connectivity index (χ2n) is 6.93. The lowest BCUT2D eigenvalue weighted by Gasteiger charge is -2.43. The molecule has 0 radical (unpaired) electrons. The standard InChI is InChI=1S/C18H12Br8/c1-16(2)9-10(13(22)15(24)14(23)12(9)21)17(3,18(16,25)26)7-5-4-6-8(19)11(7)20/h4-6H,1-3H3/t17-/m1/s1. The van der Waals surface area contributed by atoms with Crippen LogP contribution in [-0.4, -0.2) is 3.23 Å². The Morgan fingerprint density at radius 2 is 1.15 bits per heavy atom. The molecule has 0 amide bonds. The summed E-state index contributed by atoms with van der Waals surface area (Å²) < 4.78 is 5.77. The summed E-state index contributed by atoms with van der Waals surface area (Å²) in [4.78, 5) is 0. The molecule has 2 aromatic rings. The van der Waals surface area contributed by atoms with Crippen molar-refractivity contribution in [3.8, 4) is 0 Å². The zero-order chi connectivity index (χ0) is 19.8. The first-order valence-corrected chi connectivity index (χ1v) is 13.8. The van der Waals surface area contributed by atoms with Gasteiger partial charge in [0.2, 0.25) is 0 Å². The number of alkyl halides is 2.